The Morgan fingerprint density at radius 1 is 1.47 bits per heavy atom. The lowest BCUT2D eigenvalue weighted by Gasteiger charge is -2.12. The van der Waals surface area contributed by atoms with Crippen molar-refractivity contribution in [3.63, 3.8) is 0 Å². The molecule has 0 atom stereocenters. The zero-order chi connectivity index (χ0) is 10.7. The van der Waals surface area contributed by atoms with Crippen LogP contribution in [0, 0.1) is 0 Å². The van der Waals surface area contributed by atoms with Crippen molar-refractivity contribution in [1.82, 2.24) is 4.90 Å². The summed E-state index contributed by atoms with van der Waals surface area (Å²) in [6, 6.07) is 8.13. The van der Waals surface area contributed by atoms with Gasteiger partial charge >= 0.3 is 6.09 Å². The second-order valence-electron chi connectivity index (χ2n) is 3.48. The zero-order valence-electron chi connectivity index (χ0n) is 8.28. The molecule has 1 aliphatic rings. The highest BCUT2D eigenvalue weighted by atomic mass is 79.9. The number of hydrogen-bond acceptors (Lipinski definition) is 2. The Balaban J connectivity index is 1.90. The fourth-order valence-electron chi connectivity index (χ4n) is 1.59. The fraction of sp³-hybridized carbons (Fsp3) is 0.364. The normalized spacial score (nSPS) is 15.5. The number of amides is 1. The molecule has 0 saturated carbocycles. The van der Waals surface area contributed by atoms with Gasteiger partial charge in [-0.05, 0) is 24.1 Å². The van der Waals surface area contributed by atoms with Gasteiger partial charge in [0, 0.05) is 11.0 Å². The molecular weight excluding hydrogens is 258 g/mol. The Labute approximate surface area is 97.2 Å². The van der Waals surface area contributed by atoms with Crippen molar-refractivity contribution in [2.24, 2.45) is 0 Å². The second kappa shape index (κ2) is 4.66. The van der Waals surface area contributed by atoms with Crippen LogP contribution in [0.15, 0.2) is 28.7 Å². The Bertz CT molecular complexity index is 367. The molecule has 15 heavy (non-hydrogen) atoms. The molecular formula is C11H12BrNO2. The average Bonchev–Trinajstić information content (AvgIpc) is 2.61. The molecule has 0 aliphatic carbocycles. The van der Waals surface area contributed by atoms with E-state index in [9.17, 15) is 4.79 Å². The maximum Gasteiger partial charge on any atom is 0.409 e. The molecule has 0 aromatic heterocycles. The molecule has 0 spiro atoms. The minimum Gasteiger partial charge on any atom is -0.448 e. The second-order valence-corrected chi connectivity index (χ2v) is 4.40. The maximum atomic E-state index is 11.2. The number of hydrogen-bond donors (Lipinski definition) is 0. The number of carbonyl (C=O) groups is 1. The summed E-state index contributed by atoms with van der Waals surface area (Å²) in [5.41, 5.74) is 1.23. The molecule has 1 aliphatic heterocycles. The molecule has 1 aromatic rings. The summed E-state index contributed by atoms with van der Waals surface area (Å²) in [5, 5.41) is 0. The maximum absolute atomic E-state index is 11.2. The average molecular weight is 270 g/mol. The first-order valence-corrected chi connectivity index (χ1v) is 5.71. The van der Waals surface area contributed by atoms with E-state index in [-0.39, 0.29) is 6.09 Å². The van der Waals surface area contributed by atoms with Gasteiger partial charge in [0.2, 0.25) is 0 Å². The standard InChI is InChI=1S/C11H12BrNO2/c12-10-3-1-2-9(8-10)4-5-13-6-7-15-11(13)14/h1-3,8H,4-7H2. The number of carbonyl (C=O) groups excluding carboxylic acids is 1. The number of rotatable bonds is 3. The van der Waals surface area contributed by atoms with Crippen LogP contribution in [0.5, 0.6) is 0 Å². The predicted octanol–water partition coefficient (Wildman–Crippen LogP) is 2.44. The van der Waals surface area contributed by atoms with E-state index in [1.807, 2.05) is 12.1 Å². The first-order valence-electron chi connectivity index (χ1n) is 4.92. The monoisotopic (exact) mass is 269 g/mol. The van der Waals surface area contributed by atoms with Crippen LogP contribution in [0.4, 0.5) is 4.79 Å². The lowest BCUT2D eigenvalue weighted by Crippen LogP contribution is -2.26. The number of benzene rings is 1. The minimum atomic E-state index is -0.190. The topological polar surface area (TPSA) is 29.5 Å². The van der Waals surface area contributed by atoms with Crippen LogP contribution in [0.2, 0.25) is 0 Å². The van der Waals surface area contributed by atoms with Crippen LogP contribution in [0.3, 0.4) is 0 Å². The van der Waals surface area contributed by atoms with E-state index in [1.165, 1.54) is 5.56 Å². The van der Waals surface area contributed by atoms with Gasteiger partial charge < -0.3 is 9.64 Å². The Hall–Kier alpha value is -1.03. The third-order valence-corrected chi connectivity index (χ3v) is 2.90. The SMILES string of the molecule is O=C1OCCN1CCc1cccc(Br)c1. The van der Waals surface area contributed by atoms with E-state index in [2.05, 4.69) is 28.1 Å². The van der Waals surface area contributed by atoms with E-state index in [0.29, 0.717) is 13.2 Å². The van der Waals surface area contributed by atoms with Gasteiger partial charge in [-0.15, -0.1) is 0 Å². The quantitative estimate of drug-likeness (QED) is 0.844. The molecule has 3 nitrogen and oxygen atoms in total. The Kier molecular flexibility index (Phi) is 3.26. The third-order valence-electron chi connectivity index (χ3n) is 2.40. The van der Waals surface area contributed by atoms with Crippen molar-refractivity contribution in [3.05, 3.63) is 34.3 Å². The molecule has 2 rings (SSSR count). The predicted molar refractivity (Wildman–Crippen MR) is 60.8 cm³/mol. The van der Waals surface area contributed by atoms with Gasteiger partial charge in [0.15, 0.2) is 0 Å². The third kappa shape index (κ3) is 2.72. The van der Waals surface area contributed by atoms with E-state index < -0.39 is 0 Å². The van der Waals surface area contributed by atoms with Crippen LogP contribution in [0.25, 0.3) is 0 Å². The number of ether oxygens (including phenoxy) is 1. The molecule has 1 aromatic carbocycles. The van der Waals surface area contributed by atoms with E-state index >= 15 is 0 Å². The van der Waals surface area contributed by atoms with Crippen LogP contribution < -0.4 is 0 Å². The largest absolute Gasteiger partial charge is 0.448 e. The number of cyclic esters (lactones) is 1. The molecule has 4 heteroatoms. The molecule has 0 N–H and O–H groups in total. The van der Waals surface area contributed by atoms with Crippen LogP contribution in [-0.4, -0.2) is 30.7 Å². The minimum absolute atomic E-state index is 0.190. The van der Waals surface area contributed by atoms with Crippen LogP contribution in [-0.2, 0) is 11.2 Å². The lowest BCUT2D eigenvalue weighted by molar-refractivity contribution is 0.159. The van der Waals surface area contributed by atoms with Crippen LogP contribution in [0.1, 0.15) is 5.56 Å². The first kappa shape index (κ1) is 10.5. The number of nitrogens with zero attached hydrogens (tertiary/aromatic N) is 1. The van der Waals surface area contributed by atoms with Gasteiger partial charge in [-0.25, -0.2) is 4.79 Å². The first-order chi connectivity index (χ1) is 7.25. The van der Waals surface area contributed by atoms with Gasteiger partial charge in [-0.2, -0.15) is 0 Å². The highest BCUT2D eigenvalue weighted by Crippen LogP contribution is 2.13. The lowest BCUT2D eigenvalue weighted by atomic mass is 10.1. The van der Waals surface area contributed by atoms with E-state index in [0.717, 1.165) is 17.4 Å². The van der Waals surface area contributed by atoms with Crippen molar-refractivity contribution in [2.75, 3.05) is 19.7 Å². The molecule has 80 valence electrons. The zero-order valence-corrected chi connectivity index (χ0v) is 9.87. The van der Waals surface area contributed by atoms with Crippen LogP contribution >= 0.6 is 15.9 Å². The summed E-state index contributed by atoms with van der Waals surface area (Å²) in [7, 11) is 0. The molecule has 1 amide bonds. The number of halogens is 1. The van der Waals surface area contributed by atoms with E-state index in [4.69, 9.17) is 4.74 Å². The van der Waals surface area contributed by atoms with Gasteiger partial charge in [-0.3, -0.25) is 0 Å². The Morgan fingerprint density at radius 3 is 3.00 bits per heavy atom. The smallest absolute Gasteiger partial charge is 0.409 e. The van der Waals surface area contributed by atoms with Crippen molar-refractivity contribution < 1.29 is 9.53 Å². The summed E-state index contributed by atoms with van der Waals surface area (Å²) in [6.07, 6.45) is 0.680. The molecule has 1 heterocycles. The van der Waals surface area contributed by atoms with Gasteiger partial charge in [0.25, 0.3) is 0 Å². The fourth-order valence-corrected chi connectivity index (χ4v) is 2.03. The van der Waals surface area contributed by atoms with Crippen molar-refractivity contribution >= 4 is 22.0 Å². The summed E-state index contributed by atoms with van der Waals surface area (Å²) in [4.78, 5) is 12.9. The molecule has 1 saturated heterocycles. The molecule has 0 radical (unpaired) electrons. The van der Waals surface area contributed by atoms with Gasteiger partial charge in [-0.1, -0.05) is 28.1 Å². The summed E-state index contributed by atoms with van der Waals surface area (Å²) >= 11 is 3.42. The highest BCUT2D eigenvalue weighted by molar-refractivity contribution is 9.10. The summed E-state index contributed by atoms with van der Waals surface area (Å²) in [6.45, 7) is 1.97. The summed E-state index contributed by atoms with van der Waals surface area (Å²) in [5.74, 6) is 0. The molecule has 1 fully saturated rings. The van der Waals surface area contributed by atoms with Gasteiger partial charge in [0.1, 0.15) is 6.61 Å². The van der Waals surface area contributed by atoms with Crippen molar-refractivity contribution in [1.29, 1.82) is 0 Å². The molecule has 0 bridgehead atoms. The van der Waals surface area contributed by atoms with E-state index in [1.54, 1.807) is 4.90 Å². The van der Waals surface area contributed by atoms with Crippen molar-refractivity contribution in [3.8, 4) is 0 Å². The Morgan fingerprint density at radius 2 is 2.33 bits per heavy atom. The summed E-state index contributed by atoms with van der Waals surface area (Å²) < 4.78 is 5.93. The highest BCUT2D eigenvalue weighted by Gasteiger charge is 2.20. The van der Waals surface area contributed by atoms with Gasteiger partial charge in [0.05, 0.1) is 6.54 Å². The molecule has 0 unspecified atom stereocenters. The van der Waals surface area contributed by atoms with Crippen molar-refractivity contribution in [2.45, 2.75) is 6.42 Å².